The highest BCUT2D eigenvalue weighted by molar-refractivity contribution is 5.46. The van der Waals surface area contributed by atoms with Crippen LogP contribution in [-0.2, 0) is 0 Å². The second-order valence-corrected chi connectivity index (χ2v) is 3.30. The van der Waals surface area contributed by atoms with E-state index in [0.29, 0.717) is 24.6 Å². The van der Waals surface area contributed by atoms with Crippen LogP contribution in [0.5, 0.6) is 5.75 Å². The topological polar surface area (TPSA) is 71.9 Å². The van der Waals surface area contributed by atoms with E-state index in [4.69, 9.17) is 15.7 Å². The number of anilines is 1. The lowest BCUT2D eigenvalue weighted by atomic mass is 10.2. The molecule has 0 aliphatic heterocycles. The number of nitriles is 1. The van der Waals surface area contributed by atoms with Crippen molar-refractivity contribution in [1.29, 1.82) is 5.26 Å². The van der Waals surface area contributed by atoms with Crippen molar-refractivity contribution in [3.05, 3.63) is 17.8 Å². The summed E-state index contributed by atoms with van der Waals surface area (Å²) in [4.78, 5) is 4.09. The van der Waals surface area contributed by atoms with E-state index >= 15 is 0 Å². The van der Waals surface area contributed by atoms with E-state index in [1.165, 1.54) is 0 Å². The average Bonchev–Trinajstić information content (AvgIpc) is 2.20. The first-order valence-electron chi connectivity index (χ1n) is 4.97. The summed E-state index contributed by atoms with van der Waals surface area (Å²) in [5.41, 5.74) is 6.55. The summed E-state index contributed by atoms with van der Waals surface area (Å²) < 4.78 is 5.44. The molecule has 0 bridgehead atoms. The lowest BCUT2D eigenvalue weighted by Gasteiger charge is -2.07. The SMILES string of the molecule is Cc1ccc(OCCCCC#N)c(N)n1. The van der Waals surface area contributed by atoms with Crippen LogP contribution >= 0.6 is 0 Å². The van der Waals surface area contributed by atoms with Gasteiger partial charge in [0.1, 0.15) is 0 Å². The number of hydrogen-bond acceptors (Lipinski definition) is 4. The van der Waals surface area contributed by atoms with Crippen LogP contribution < -0.4 is 10.5 Å². The van der Waals surface area contributed by atoms with Gasteiger partial charge in [-0.1, -0.05) is 0 Å². The molecule has 0 saturated heterocycles. The molecule has 2 N–H and O–H groups in total. The molecule has 0 saturated carbocycles. The lowest BCUT2D eigenvalue weighted by molar-refractivity contribution is 0.308. The van der Waals surface area contributed by atoms with E-state index in [1.807, 2.05) is 19.1 Å². The predicted molar refractivity (Wildman–Crippen MR) is 58.3 cm³/mol. The van der Waals surface area contributed by atoms with Gasteiger partial charge in [0.2, 0.25) is 0 Å². The van der Waals surface area contributed by atoms with E-state index in [9.17, 15) is 0 Å². The van der Waals surface area contributed by atoms with Gasteiger partial charge in [-0.2, -0.15) is 5.26 Å². The third-order valence-corrected chi connectivity index (χ3v) is 1.97. The van der Waals surface area contributed by atoms with Gasteiger partial charge >= 0.3 is 0 Å². The van der Waals surface area contributed by atoms with Crippen LogP contribution in [0.15, 0.2) is 12.1 Å². The molecule has 80 valence electrons. The van der Waals surface area contributed by atoms with E-state index < -0.39 is 0 Å². The standard InChI is InChI=1S/C11H15N3O/c1-9-5-6-10(11(13)14-9)15-8-4-2-3-7-12/h5-6H,2-4,8H2,1H3,(H2,13,14). The predicted octanol–water partition coefficient (Wildman–Crippen LogP) is 2.04. The maximum absolute atomic E-state index is 8.34. The molecular weight excluding hydrogens is 190 g/mol. The summed E-state index contributed by atoms with van der Waals surface area (Å²) in [6.45, 7) is 2.46. The van der Waals surface area contributed by atoms with Gasteiger partial charge in [-0.15, -0.1) is 0 Å². The Hall–Kier alpha value is -1.76. The number of nitrogen functional groups attached to an aromatic ring is 1. The highest BCUT2D eigenvalue weighted by Crippen LogP contribution is 2.18. The van der Waals surface area contributed by atoms with Gasteiger partial charge in [-0.05, 0) is 31.9 Å². The Morgan fingerprint density at radius 2 is 2.27 bits per heavy atom. The maximum atomic E-state index is 8.34. The Bertz CT molecular complexity index is 357. The number of pyridine rings is 1. The first kappa shape index (κ1) is 11.3. The quantitative estimate of drug-likeness (QED) is 0.746. The number of aryl methyl sites for hydroxylation is 1. The normalized spacial score (nSPS) is 9.60. The Balaban J connectivity index is 2.35. The fourth-order valence-corrected chi connectivity index (χ4v) is 1.17. The largest absolute Gasteiger partial charge is 0.490 e. The molecule has 0 aliphatic carbocycles. The van der Waals surface area contributed by atoms with Gasteiger partial charge in [0.05, 0.1) is 12.7 Å². The summed E-state index contributed by atoms with van der Waals surface area (Å²) in [6.07, 6.45) is 2.29. The first-order chi connectivity index (χ1) is 7.24. The average molecular weight is 205 g/mol. The summed E-state index contributed by atoms with van der Waals surface area (Å²) in [5, 5.41) is 8.34. The van der Waals surface area contributed by atoms with Gasteiger partial charge in [0.25, 0.3) is 0 Å². The summed E-state index contributed by atoms with van der Waals surface area (Å²) in [5.74, 6) is 1.05. The molecule has 1 heterocycles. The number of hydrogen-bond donors (Lipinski definition) is 1. The molecule has 0 spiro atoms. The van der Waals surface area contributed by atoms with E-state index in [-0.39, 0.29) is 0 Å². The molecule has 1 aromatic heterocycles. The van der Waals surface area contributed by atoms with Crippen molar-refractivity contribution in [2.75, 3.05) is 12.3 Å². The highest BCUT2D eigenvalue weighted by Gasteiger charge is 2.00. The molecule has 1 rings (SSSR count). The minimum Gasteiger partial charge on any atom is -0.490 e. The van der Waals surface area contributed by atoms with Crippen LogP contribution in [-0.4, -0.2) is 11.6 Å². The van der Waals surface area contributed by atoms with Gasteiger partial charge in [-0.25, -0.2) is 4.98 Å². The maximum Gasteiger partial charge on any atom is 0.166 e. The number of nitrogens with two attached hydrogens (primary N) is 1. The molecule has 4 heteroatoms. The van der Waals surface area contributed by atoms with Gasteiger partial charge in [-0.3, -0.25) is 0 Å². The van der Waals surface area contributed by atoms with Gasteiger partial charge in [0, 0.05) is 12.1 Å². The molecule has 0 aliphatic rings. The Kier molecular flexibility index (Phi) is 4.42. The number of rotatable bonds is 5. The molecule has 4 nitrogen and oxygen atoms in total. The molecule has 15 heavy (non-hydrogen) atoms. The van der Waals surface area contributed by atoms with Crippen molar-refractivity contribution in [2.45, 2.75) is 26.2 Å². The van der Waals surface area contributed by atoms with Crippen LogP contribution in [0.25, 0.3) is 0 Å². The Morgan fingerprint density at radius 3 is 2.93 bits per heavy atom. The van der Waals surface area contributed by atoms with E-state index in [2.05, 4.69) is 11.1 Å². The van der Waals surface area contributed by atoms with Crippen LogP contribution in [0.3, 0.4) is 0 Å². The van der Waals surface area contributed by atoms with Crippen molar-refractivity contribution >= 4 is 5.82 Å². The summed E-state index contributed by atoms with van der Waals surface area (Å²) in [6, 6.07) is 5.78. The van der Waals surface area contributed by atoms with Crippen LogP contribution in [0.1, 0.15) is 25.0 Å². The fraction of sp³-hybridized carbons (Fsp3) is 0.455. The Morgan fingerprint density at radius 1 is 1.47 bits per heavy atom. The van der Waals surface area contributed by atoms with Crippen molar-refractivity contribution in [3.63, 3.8) is 0 Å². The zero-order chi connectivity index (χ0) is 11.1. The lowest BCUT2D eigenvalue weighted by Crippen LogP contribution is -2.02. The minimum atomic E-state index is 0.426. The molecular formula is C11H15N3O. The number of nitrogens with zero attached hydrogens (tertiary/aromatic N) is 2. The van der Waals surface area contributed by atoms with Crippen molar-refractivity contribution < 1.29 is 4.74 Å². The fourth-order valence-electron chi connectivity index (χ4n) is 1.17. The molecule has 0 radical (unpaired) electrons. The van der Waals surface area contributed by atoms with E-state index in [0.717, 1.165) is 18.5 Å². The number of aromatic nitrogens is 1. The van der Waals surface area contributed by atoms with E-state index in [1.54, 1.807) is 0 Å². The van der Waals surface area contributed by atoms with Crippen molar-refractivity contribution in [2.24, 2.45) is 0 Å². The third kappa shape index (κ3) is 3.86. The number of unbranched alkanes of at least 4 members (excludes halogenated alkanes) is 2. The minimum absolute atomic E-state index is 0.426. The molecule has 1 aromatic rings. The molecule has 0 aromatic carbocycles. The van der Waals surface area contributed by atoms with Crippen LogP contribution in [0, 0.1) is 18.3 Å². The van der Waals surface area contributed by atoms with Gasteiger partial charge in [0.15, 0.2) is 11.6 Å². The zero-order valence-electron chi connectivity index (χ0n) is 8.86. The van der Waals surface area contributed by atoms with Gasteiger partial charge < -0.3 is 10.5 Å². The summed E-state index contributed by atoms with van der Waals surface area (Å²) >= 11 is 0. The second kappa shape index (κ2) is 5.86. The second-order valence-electron chi connectivity index (χ2n) is 3.30. The Labute approximate surface area is 89.7 Å². The van der Waals surface area contributed by atoms with Crippen molar-refractivity contribution in [1.82, 2.24) is 4.98 Å². The first-order valence-corrected chi connectivity index (χ1v) is 4.97. The smallest absolute Gasteiger partial charge is 0.166 e. The van der Waals surface area contributed by atoms with Crippen molar-refractivity contribution in [3.8, 4) is 11.8 Å². The van der Waals surface area contributed by atoms with Crippen LogP contribution in [0.4, 0.5) is 5.82 Å². The van der Waals surface area contributed by atoms with Crippen LogP contribution in [0.2, 0.25) is 0 Å². The monoisotopic (exact) mass is 205 g/mol. The molecule has 0 amide bonds. The molecule has 0 unspecified atom stereocenters. The highest BCUT2D eigenvalue weighted by atomic mass is 16.5. The molecule has 0 atom stereocenters. The molecule has 0 fully saturated rings. The third-order valence-electron chi connectivity index (χ3n) is 1.97. The zero-order valence-corrected chi connectivity index (χ0v) is 8.86. The number of ether oxygens (including phenoxy) is 1. The summed E-state index contributed by atoms with van der Waals surface area (Å²) in [7, 11) is 0.